The topological polar surface area (TPSA) is 104 Å². The molecular weight excluding hydrogens is 384 g/mol. The molecule has 2 aromatic rings. The first-order chi connectivity index (χ1) is 14.6. The maximum atomic E-state index is 12.9. The molecule has 0 saturated carbocycles. The number of carbonyl (C=O) groups is 2. The van der Waals surface area contributed by atoms with Crippen molar-refractivity contribution in [1.82, 2.24) is 10.2 Å². The van der Waals surface area contributed by atoms with Gasteiger partial charge in [-0.25, -0.2) is 0 Å². The van der Waals surface area contributed by atoms with Gasteiger partial charge in [-0.05, 0) is 42.3 Å². The maximum Gasteiger partial charge on any atom is 0.253 e. The number of ether oxygens (including phenoxy) is 2. The number of rotatable bonds is 8. The highest BCUT2D eigenvalue weighted by atomic mass is 16.5. The third-order valence-electron chi connectivity index (χ3n) is 5.02. The summed E-state index contributed by atoms with van der Waals surface area (Å²) in [5, 5.41) is 15.4. The molecule has 0 spiro atoms. The van der Waals surface area contributed by atoms with Gasteiger partial charge in [-0.3, -0.25) is 9.59 Å². The second-order valence-corrected chi connectivity index (χ2v) is 6.97. The number of amides is 2. The lowest BCUT2D eigenvalue weighted by atomic mass is 10.1. The summed E-state index contributed by atoms with van der Waals surface area (Å²) in [6, 6.07) is 12.5. The lowest BCUT2D eigenvalue weighted by Crippen LogP contribution is -2.28. The predicted molar refractivity (Wildman–Crippen MR) is 112 cm³/mol. The minimum Gasteiger partial charge on any atom is -0.493 e. The van der Waals surface area contributed by atoms with Crippen LogP contribution in [0.3, 0.4) is 0 Å². The summed E-state index contributed by atoms with van der Waals surface area (Å²) < 4.78 is 10.5. The van der Waals surface area contributed by atoms with Crippen LogP contribution in [0.25, 0.3) is 0 Å². The number of hydrogen-bond donors (Lipinski definition) is 2. The Hall–Kier alpha value is -3.73. The van der Waals surface area contributed by atoms with Crippen molar-refractivity contribution < 1.29 is 19.1 Å². The van der Waals surface area contributed by atoms with Gasteiger partial charge in [0.15, 0.2) is 11.5 Å². The molecule has 8 nitrogen and oxygen atoms in total. The van der Waals surface area contributed by atoms with E-state index < -0.39 is 0 Å². The zero-order valence-corrected chi connectivity index (χ0v) is 17.0. The number of nitriles is 1. The second kappa shape index (κ2) is 9.65. The molecule has 2 aromatic carbocycles. The molecule has 0 aliphatic carbocycles. The molecule has 1 atom stereocenters. The molecule has 0 radical (unpaired) electrons. The van der Waals surface area contributed by atoms with E-state index in [4.69, 9.17) is 9.47 Å². The molecule has 8 heteroatoms. The highest BCUT2D eigenvalue weighted by molar-refractivity contribution is 6.00. The van der Waals surface area contributed by atoms with Crippen LogP contribution in [0.4, 0.5) is 5.69 Å². The fraction of sp³-hybridized carbons (Fsp3) is 0.318. The molecule has 156 valence electrons. The van der Waals surface area contributed by atoms with E-state index in [-0.39, 0.29) is 18.5 Å². The van der Waals surface area contributed by atoms with Crippen molar-refractivity contribution in [2.75, 3.05) is 32.6 Å². The molecule has 1 fully saturated rings. The van der Waals surface area contributed by atoms with Gasteiger partial charge in [0.1, 0.15) is 0 Å². The predicted octanol–water partition coefficient (Wildman–Crippen LogP) is 2.15. The van der Waals surface area contributed by atoms with Gasteiger partial charge in [0.2, 0.25) is 6.41 Å². The molecule has 2 amide bonds. The van der Waals surface area contributed by atoms with E-state index in [0.717, 1.165) is 18.4 Å². The summed E-state index contributed by atoms with van der Waals surface area (Å²) in [5.41, 5.74) is 2.28. The lowest BCUT2D eigenvalue weighted by molar-refractivity contribution is -0.117. The summed E-state index contributed by atoms with van der Waals surface area (Å²) in [6.45, 7) is 1.55. The van der Waals surface area contributed by atoms with Gasteiger partial charge >= 0.3 is 0 Å². The molecule has 30 heavy (non-hydrogen) atoms. The normalized spacial score (nSPS) is 15.2. The summed E-state index contributed by atoms with van der Waals surface area (Å²) >= 11 is 0. The summed E-state index contributed by atoms with van der Waals surface area (Å²) in [6.07, 6.45) is 1.63. The van der Waals surface area contributed by atoms with E-state index in [1.54, 1.807) is 49.5 Å². The minimum absolute atomic E-state index is 0.0561. The zero-order valence-electron chi connectivity index (χ0n) is 17.0. The van der Waals surface area contributed by atoms with E-state index in [1.807, 2.05) is 6.07 Å². The molecule has 1 heterocycles. The Kier molecular flexibility index (Phi) is 6.75. The molecular formula is C22H24N4O4. The largest absolute Gasteiger partial charge is 0.493 e. The molecule has 2 N–H and O–H groups in total. The molecule has 1 unspecified atom stereocenters. The Labute approximate surface area is 175 Å². The Morgan fingerprint density at radius 2 is 2.03 bits per heavy atom. The monoisotopic (exact) mass is 408 g/mol. The van der Waals surface area contributed by atoms with Gasteiger partial charge in [0.05, 0.1) is 31.4 Å². The van der Waals surface area contributed by atoms with Gasteiger partial charge in [0.25, 0.3) is 5.91 Å². The average Bonchev–Trinajstić information content (AvgIpc) is 3.25. The Morgan fingerprint density at radius 1 is 1.23 bits per heavy atom. The number of carbonyl (C=O) groups excluding carboxylic acids is 2. The first-order valence-electron chi connectivity index (χ1n) is 9.57. The fourth-order valence-electron chi connectivity index (χ4n) is 3.42. The highest BCUT2D eigenvalue weighted by Crippen LogP contribution is 2.27. The number of benzene rings is 2. The molecule has 3 rings (SSSR count). The van der Waals surface area contributed by atoms with E-state index in [0.29, 0.717) is 41.4 Å². The Balaban J connectivity index is 1.74. The SMILES string of the molecule is COc1ccc(CNC(=O)c2cc(C#N)ccc2NC2CCN(C=O)C2)cc1OC. The van der Waals surface area contributed by atoms with Gasteiger partial charge < -0.3 is 25.0 Å². The summed E-state index contributed by atoms with van der Waals surface area (Å²) in [7, 11) is 3.12. The van der Waals surface area contributed by atoms with Crippen molar-refractivity contribution in [3.8, 4) is 17.6 Å². The van der Waals surface area contributed by atoms with Crippen molar-refractivity contribution in [1.29, 1.82) is 5.26 Å². The van der Waals surface area contributed by atoms with Crippen LogP contribution >= 0.6 is 0 Å². The van der Waals surface area contributed by atoms with Crippen LogP contribution in [0, 0.1) is 11.3 Å². The molecule has 1 aliphatic rings. The Morgan fingerprint density at radius 3 is 2.70 bits per heavy atom. The highest BCUT2D eigenvalue weighted by Gasteiger charge is 2.23. The lowest BCUT2D eigenvalue weighted by Gasteiger charge is -2.18. The second-order valence-electron chi connectivity index (χ2n) is 6.97. The van der Waals surface area contributed by atoms with Gasteiger partial charge in [-0.15, -0.1) is 0 Å². The van der Waals surface area contributed by atoms with Crippen molar-refractivity contribution in [2.24, 2.45) is 0 Å². The third-order valence-corrected chi connectivity index (χ3v) is 5.02. The molecule has 0 aromatic heterocycles. The first-order valence-corrected chi connectivity index (χ1v) is 9.57. The average molecular weight is 408 g/mol. The van der Waals surface area contributed by atoms with Crippen LogP contribution < -0.4 is 20.1 Å². The number of anilines is 1. The number of methoxy groups -OCH3 is 2. The van der Waals surface area contributed by atoms with Crippen LogP contribution in [0.5, 0.6) is 11.5 Å². The van der Waals surface area contributed by atoms with Gasteiger partial charge in [0, 0.05) is 31.4 Å². The van der Waals surface area contributed by atoms with Crippen LogP contribution in [0.2, 0.25) is 0 Å². The molecule has 1 saturated heterocycles. The quantitative estimate of drug-likeness (QED) is 0.649. The number of nitrogens with zero attached hydrogens (tertiary/aromatic N) is 2. The smallest absolute Gasteiger partial charge is 0.253 e. The van der Waals surface area contributed by atoms with Crippen LogP contribution in [0.1, 0.15) is 27.9 Å². The maximum absolute atomic E-state index is 12.9. The number of likely N-dealkylation sites (tertiary alicyclic amines) is 1. The fourth-order valence-corrected chi connectivity index (χ4v) is 3.42. The first kappa shape index (κ1) is 21.0. The van der Waals surface area contributed by atoms with Crippen molar-refractivity contribution in [3.63, 3.8) is 0 Å². The standard InChI is InChI=1S/C22H24N4O4/c1-29-20-6-4-16(10-21(20)30-2)12-24-22(28)18-9-15(11-23)3-5-19(18)25-17-7-8-26(13-17)14-27/h3-6,9-10,14,17,25H,7-8,12-13H2,1-2H3,(H,24,28). The van der Waals surface area contributed by atoms with Crippen molar-refractivity contribution in [2.45, 2.75) is 19.0 Å². The van der Waals surface area contributed by atoms with E-state index in [9.17, 15) is 14.9 Å². The van der Waals surface area contributed by atoms with Crippen molar-refractivity contribution >= 4 is 18.0 Å². The molecule has 0 bridgehead atoms. The van der Waals surface area contributed by atoms with E-state index >= 15 is 0 Å². The number of hydrogen-bond acceptors (Lipinski definition) is 6. The summed E-state index contributed by atoms with van der Waals surface area (Å²) in [4.78, 5) is 25.5. The van der Waals surface area contributed by atoms with E-state index in [1.165, 1.54) is 0 Å². The van der Waals surface area contributed by atoms with Crippen LogP contribution in [-0.4, -0.2) is 50.6 Å². The third kappa shape index (κ3) is 4.81. The van der Waals surface area contributed by atoms with Crippen LogP contribution in [0.15, 0.2) is 36.4 Å². The van der Waals surface area contributed by atoms with E-state index in [2.05, 4.69) is 16.7 Å². The number of nitrogens with one attached hydrogen (secondary N) is 2. The van der Waals surface area contributed by atoms with Gasteiger partial charge in [-0.2, -0.15) is 5.26 Å². The summed E-state index contributed by atoms with van der Waals surface area (Å²) in [5.74, 6) is 0.899. The minimum atomic E-state index is -0.297. The van der Waals surface area contributed by atoms with Crippen molar-refractivity contribution in [3.05, 3.63) is 53.1 Å². The molecule has 1 aliphatic heterocycles. The van der Waals surface area contributed by atoms with Gasteiger partial charge in [-0.1, -0.05) is 6.07 Å². The zero-order chi connectivity index (χ0) is 21.5. The van der Waals surface area contributed by atoms with Crippen LogP contribution in [-0.2, 0) is 11.3 Å². The Bertz CT molecular complexity index is 970.